The third kappa shape index (κ3) is 9.85. The molecule has 0 saturated carbocycles. The summed E-state index contributed by atoms with van der Waals surface area (Å²) in [6.07, 6.45) is 4.64. The molecule has 0 aliphatic carbocycles. The van der Waals surface area contributed by atoms with Crippen molar-refractivity contribution in [2.45, 2.75) is 95.1 Å². The van der Waals surface area contributed by atoms with Gasteiger partial charge in [-0.3, -0.25) is 4.79 Å². The minimum absolute atomic E-state index is 0.0917. The van der Waals surface area contributed by atoms with Crippen LogP contribution in [0.4, 0.5) is 0 Å². The first-order valence-electron chi connectivity index (χ1n) is 10.8. The van der Waals surface area contributed by atoms with Crippen molar-refractivity contribution in [1.82, 2.24) is 5.32 Å². The van der Waals surface area contributed by atoms with Gasteiger partial charge >= 0.3 is 8.80 Å². The Morgan fingerprint density at radius 1 is 1.21 bits per heavy atom. The summed E-state index contributed by atoms with van der Waals surface area (Å²) < 4.78 is 19.0. The molecule has 1 aliphatic heterocycles. The van der Waals surface area contributed by atoms with Gasteiger partial charge < -0.3 is 18.6 Å². The molecule has 5 nitrogen and oxygen atoms in total. The predicted octanol–water partition coefficient (Wildman–Crippen LogP) is 5.07. The molecule has 1 rings (SSSR count). The highest BCUT2D eigenvalue weighted by Crippen LogP contribution is 2.46. The van der Waals surface area contributed by atoms with Gasteiger partial charge in [0.15, 0.2) is 0 Å². The maximum Gasteiger partial charge on any atom is 0.501 e. The zero-order valence-corrected chi connectivity index (χ0v) is 21.3. The molecular weight excluding hydrogens is 410 g/mol. The zero-order chi connectivity index (χ0) is 21.0. The second kappa shape index (κ2) is 13.5. The molecule has 0 bridgehead atoms. The Morgan fingerprint density at radius 3 is 2.46 bits per heavy atom. The van der Waals surface area contributed by atoms with E-state index >= 15 is 0 Å². The molecular formula is C20H41NO4S2Si. The number of nitrogens with one attached hydrogen (secondary N) is 1. The summed E-state index contributed by atoms with van der Waals surface area (Å²) in [5, 5.41) is 3.47. The van der Waals surface area contributed by atoms with E-state index in [1.165, 1.54) is 5.75 Å². The average Bonchev–Trinajstić information content (AvgIpc) is 2.63. The zero-order valence-electron chi connectivity index (χ0n) is 18.7. The maximum atomic E-state index is 11.8. The van der Waals surface area contributed by atoms with E-state index in [0.29, 0.717) is 31.4 Å². The first kappa shape index (κ1) is 26.3. The van der Waals surface area contributed by atoms with E-state index in [0.717, 1.165) is 31.7 Å². The Bertz CT molecular complexity index is 448. The van der Waals surface area contributed by atoms with Crippen molar-refractivity contribution < 1.29 is 18.1 Å². The number of carbonyl (C=O) groups excluding carboxylic acids is 1. The topological polar surface area (TPSA) is 56.8 Å². The lowest BCUT2D eigenvalue weighted by atomic mass is 10.2. The lowest BCUT2D eigenvalue weighted by Crippen LogP contribution is -2.50. The van der Waals surface area contributed by atoms with Crippen molar-refractivity contribution in [2.24, 2.45) is 0 Å². The Hall–Kier alpha value is 0.267. The van der Waals surface area contributed by atoms with Gasteiger partial charge in [-0.1, -0.05) is 13.3 Å². The normalized spacial score (nSPS) is 20.7. The van der Waals surface area contributed by atoms with Crippen LogP contribution in [0.25, 0.3) is 0 Å². The second-order valence-corrected chi connectivity index (χ2v) is 14.1. The van der Waals surface area contributed by atoms with Crippen molar-refractivity contribution in [3.63, 3.8) is 0 Å². The van der Waals surface area contributed by atoms with Gasteiger partial charge in [-0.15, -0.1) is 23.5 Å². The first-order valence-corrected chi connectivity index (χ1v) is 14.6. The van der Waals surface area contributed by atoms with Gasteiger partial charge in [0.25, 0.3) is 0 Å². The SMILES string of the molecule is CCCCC(=O)NCCC[Si](OCC)(OCC)OC(C)C1CCSC(C)(C)S1. The Morgan fingerprint density at radius 2 is 1.89 bits per heavy atom. The van der Waals surface area contributed by atoms with Crippen LogP contribution in [0.3, 0.4) is 0 Å². The van der Waals surface area contributed by atoms with E-state index in [1.54, 1.807) is 0 Å². The fourth-order valence-corrected chi connectivity index (χ4v) is 9.34. The number of amides is 1. The van der Waals surface area contributed by atoms with Crippen LogP contribution < -0.4 is 5.32 Å². The minimum Gasteiger partial charge on any atom is -0.374 e. The molecule has 0 aromatic rings. The van der Waals surface area contributed by atoms with Crippen LogP contribution in [0.1, 0.15) is 73.6 Å². The molecule has 0 aromatic carbocycles. The van der Waals surface area contributed by atoms with E-state index < -0.39 is 8.80 Å². The number of carbonyl (C=O) groups is 1. The highest BCUT2D eigenvalue weighted by atomic mass is 32.2. The fourth-order valence-electron chi connectivity index (χ4n) is 3.28. The number of unbranched alkanes of at least 4 members (excludes halogenated alkanes) is 1. The Labute approximate surface area is 182 Å². The lowest BCUT2D eigenvalue weighted by Gasteiger charge is -2.40. The summed E-state index contributed by atoms with van der Waals surface area (Å²) in [5.41, 5.74) is 0. The molecule has 28 heavy (non-hydrogen) atoms. The molecule has 1 amide bonds. The summed E-state index contributed by atoms with van der Waals surface area (Å²) in [4.78, 5) is 11.8. The molecule has 1 aliphatic rings. The molecule has 1 heterocycles. The van der Waals surface area contributed by atoms with E-state index in [9.17, 15) is 4.79 Å². The predicted molar refractivity (Wildman–Crippen MR) is 124 cm³/mol. The average molecular weight is 452 g/mol. The summed E-state index contributed by atoms with van der Waals surface area (Å²) in [6, 6.07) is 0.739. The van der Waals surface area contributed by atoms with Crippen LogP contribution in [0.2, 0.25) is 6.04 Å². The van der Waals surface area contributed by atoms with Crippen molar-refractivity contribution in [3.8, 4) is 0 Å². The number of rotatable bonds is 14. The third-order valence-corrected chi connectivity index (χ3v) is 11.1. The molecule has 2 atom stereocenters. The molecule has 1 saturated heterocycles. The summed E-state index contributed by atoms with van der Waals surface area (Å²) in [6.45, 7) is 14.7. The summed E-state index contributed by atoms with van der Waals surface area (Å²) in [7, 11) is -2.76. The quantitative estimate of drug-likeness (QED) is 0.294. The Kier molecular flexibility index (Phi) is 12.7. The van der Waals surface area contributed by atoms with Crippen molar-refractivity contribution in [1.29, 1.82) is 0 Å². The standard InChI is InChI=1S/C20H41NO4S2Si/c1-7-10-12-19(22)21-14-11-16-28(23-8-2,24-9-3)25-17(4)18-13-15-26-20(5,6)27-18/h17-18H,7-16H2,1-6H3,(H,21,22). The molecule has 0 spiro atoms. The van der Waals surface area contributed by atoms with Gasteiger partial charge in [-0.25, -0.2) is 0 Å². The van der Waals surface area contributed by atoms with Gasteiger partial charge in [0, 0.05) is 37.5 Å². The number of thioether (sulfide) groups is 2. The smallest absolute Gasteiger partial charge is 0.374 e. The van der Waals surface area contributed by atoms with Crippen LogP contribution >= 0.6 is 23.5 Å². The van der Waals surface area contributed by atoms with Crippen molar-refractivity contribution in [2.75, 3.05) is 25.5 Å². The van der Waals surface area contributed by atoms with Gasteiger partial charge in [0.1, 0.15) is 0 Å². The maximum absolute atomic E-state index is 11.8. The molecule has 1 N–H and O–H groups in total. The van der Waals surface area contributed by atoms with E-state index in [1.807, 2.05) is 37.4 Å². The van der Waals surface area contributed by atoms with E-state index in [2.05, 4.69) is 33.0 Å². The molecule has 166 valence electrons. The fraction of sp³-hybridized carbons (Fsp3) is 0.950. The van der Waals surface area contributed by atoms with Crippen molar-refractivity contribution >= 4 is 38.2 Å². The van der Waals surface area contributed by atoms with Crippen LogP contribution in [0, 0.1) is 0 Å². The monoisotopic (exact) mass is 451 g/mol. The van der Waals surface area contributed by atoms with Crippen LogP contribution in [0.5, 0.6) is 0 Å². The van der Waals surface area contributed by atoms with E-state index in [4.69, 9.17) is 13.3 Å². The van der Waals surface area contributed by atoms with Crippen LogP contribution in [0.15, 0.2) is 0 Å². The van der Waals surface area contributed by atoms with Gasteiger partial charge in [0.05, 0.1) is 10.2 Å². The van der Waals surface area contributed by atoms with E-state index in [-0.39, 0.29) is 16.1 Å². The van der Waals surface area contributed by atoms with Gasteiger partial charge in [-0.2, -0.15) is 0 Å². The second-order valence-electron chi connectivity index (χ2n) is 7.62. The molecule has 0 aromatic heterocycles. The lowest BCUT2D eigenvalue weighted by molar-refractivity contribution is -0.121. The van der Waals surface area contributed by atoms with Crippen LogP contribution in [-0.2, 0) is 18.1 Å². The summed E-state index contributed by atoms with van der Waals surface area (Å²) >= 11 is 4.03. The third-order valence-electron chi connectivity index (χ3n) is 4.64. The number of hydrogen-bond donors (Lipinski definition) is 1. The molecule has 0 radical (unpaired) electrons. The highest BCUT2D eigenvalue weighted by molar-refractivity contribution is 8.19. The molecule has 8 heteroatoms. The van der Waals surface area contributed by atoms with Crippen LogP contribution in [-0.4, -0.2) is 55.7 Å². The molecule has 2 unspecified atom stereocenters. The summed E-state index contributed by atoms with van der Waals surface area (Å²) in [5.74, 6) is 1.30. The van der Waals surface area contributed by atoms with Gasteiger partial charge in [0.2, 0.25) is 5.91 Å². The molecule has 1 fully saturated rings. The highest BCUT2D eigenvalue weighted by Gasteiger charge is 2.44. The minimum atomic E-state index is -2.76. The Balaban J connectivity index is 2.63. The largest absolute Gasteiger partial charge is 0.501 e. The van der Waals surface area contributed by atoms with Gasteiger partial charge in [-0.05, 0) is 59.6 Å². The first-order chi connectivity index (χ1) is 13.3. The number of hydrogen-bond acceptors (Lipinski definition) is 6. The van der Waals surface area contributed by atoms with Crippen molar-refractivity contribution in [3.05, 3.63) is 0 Å².